The number of furan rings is 1. The van der Waals surface area contributed by atoms with Crippen LogP contribution in [0, 0.1) is 6.92 Å². The molecule has 3 aromatic heterocycles. The van der Waals surface area contributed by atoms with Gasteiger partial charge in [0, 0.05) is 12.8 Å². The third kappa shape index (κ3) is 2.99. The van der Waals surface area contributed by atoms with Gasteiger partial charge in [0.25, 0.3) is 11.5 Å². The summed E-state index contributed by atoms with van der Waals surface area (Å²) in [5, 5.41) is 2.92. The third-order valence-corrected chi connectivity index (χ3v) is 4.43. The maximum atomic E-state index is 12.9. The molecule has 1 saturated heterocycles. The fourth-order valence-electron chi connectivity index (χ4n) is 3.18. The molecule has 3 aromatic rings. The zero-order chi connectivity index (χ0) is 18.1. The predicted octanol–water partition coefficient (Wildman–Crippen LogP) is 2.12. The highest BCUT2D eigenvalue weighted by Gasteiger charge is 2.24. The van der Waals surface area contributed by atoms with Crippen molar-refractivity contribution in [3.8, 4) is 0 Å². The van der Waals surface area contributed by atoms with Gasteiger partial charge in [0.05, 0.1) is 30.1 Å². The number of hydrogen-bond acceptors (Lipinski definition) is 6. The SMILES string of the molecule is Cc1oc2ncn(C[C@@H]3CCCO3)c(=O)c2c1C(=O)Nc1cccnc1. The topological polar surface area (TPSA) is 99.2 Å². The van der Waals surface area contributed by atoms with Crippen LogP contribution in [0.5, 0.6) is 0 Å². The first kappa shape index (κ1) is 16.5. The fourth-order valence-corrected chi connectivity index (χ4v) is 3.18. The molecule has 0 bridgehead atoms. The van der Waals surface area contributed by atoms with Gasteiger partial charge in [0.15, 0.2) is 0 Å². The lowest BCUT2D eigenvalue weighted by atomic mass is 10.1. The van der Waals surface area contributed by atoms with Crippen LogP contribution in [0.3, 0.4) is 0 Å². The summed E-state index contributed by atoms with van der Waals surface area (Å²) in [5.41, 5.74) is 0.587. The minimum atomic E-state index is -0.428. The first-order chi connectivity index (χ1) is 12.6. The van der Waals surface area contributed by atoms with Gasteiger partial charge in [-0.15, -0.1) is 0 Å². The van der Waals surface area contributed by atoms with Crippen molar-refractivity contribution in [3.63, 3.8) is 0 Å². The number of hydrogen-bond donors (Lipinski definition) is 1. The van der Waals surface area contributed by atoms with Gasteiger partial charge < -0.3 is 14.5 Å². The molecule has 1 amide bonds. The molecule has 1 atom stereocenters. The number of pyridine rings is 1. The summed E-state index contributed by atoms with van der Waals surface area (Å²) in [7, 11) is 0. The largest absolute Gasteiger partial charge is 0.442 e. The standard InChI is InChI=1S/C18H18N4O4/c1-11-14(16(23)21-12-4-2-6-19-8-12)15-17(26-11)20-10-22(18(15)24)9-13-5-3-7-25-13/h2,4,6,8,10,13H,3,5,7,9H2,1H3,(H,21,23)/t13-/m0/s1. The van der Waals surface area contributed by atoms with Crippen LogP contribution in [0.15, 0.2) is 40.1 Å². The maximum absolute atomic E-state index is 12.9. The molecule has 8 nitrogen and oxygen atoms in total. The van der Waals surface area contributed by atoms with Crippen LogP contribution in [0.1, 0.15) is 29.0 Å². The van der Waals surface area contributed by atoms with Crippen molar-refractivity contribution in [2.45, 2.75) is 32.4 Å². The molecule has 4 heterocycles. The smallest absolute Gasteiger partial charge is 0.265 e. The molecular weight excluding hydrogens is 336 g/mol. The molecule has 0 aromatic carbocycles. The number of amides is 1. The highest BCUT2D eigenvalue weighted by Crippen LogP contribution is 2.22. The van der Waals surface area contributed by atoms with Gasteiger partial charge in [-0.05, 0) is 31.9 Å². The molecule has 26 heavy (non-hydrogen) atoms. The van der Waals surface area contributed by atoms with Crippen molar-refractivity contribution in [1.82, 2.24) is 14.5 Å². The van der Waals surface area contributed by atoms with E-state index in [1.165, 1.54) is 17.1 Å². The number of carbonyl (C=O) groups is 1. The Kier molecular flexibility index (Phi) is 4.26. The van der Waals surface area contributed by atoms with Gasteiger partial charge in [-0.3, -0.25) is 19.1 Å². The lowest BCUT2D eigenvalue weighted by molar-refractivity contribution is 0.0960. The number of nitrogens with one attached hydrogen (secondary N) is 1. The lowest BCUT2D eigenvalue weighted by Gasteiger charge is -2.11. The average Bonchev–Trinajstić information content (AvgIpc) is 3.25. The zero-order valence-electron chi connectivity index (χ0n) is 14.3. The normalized spacial score (nSPS) is 16.9. The van der Waals surface area contributed by atoms with Gasteiger partial charge in [-0.2, -0.15) is 0 Å². The highest BCUT2D eigenvalue weighted by atomic mass is 16.5. The second kappa shape index (κ2) is 6.72. The van der Waals surface area contributed by atoms with E-state index in [0.717, 1.165) is 12.8 Å². The molecule has 4 rings (SSSR count). The molecule has 0 aliphatic carbocycles. The van der Waals surface area contributed by atoms with Gasteiger partial charge in [-0.25, -0.2) is 4.98 Å². The van der Waals surface area contributed by atoms with Crippen molar-refractivity contribution in [3.05, 3.63) is 52.5 Å². The first-order valence-electron chi connectivity index (χ1n) is 8.45. The van der Waals surface area contributed by atoms with E-state index < -0.39 is 5.91 Å². The molecule has 0 spiro atoms. The van der Waals surface area contributed by atoms with E-state index in [2.05, 4.69) is 15.3 Å². The number of aryl methyl sites for hydroxylation is 1. The second-order valence-corrected chi connectivity index (χ2v) is 6.25. The molecular formula is C18H18N4O4. The second-order valence-electron chi connectivity index (χ2n) is 6.25. The summed E-state index contributed by atoms with van der Waals surface area (Å²) < 4.78 is 12.6. The van der Waals surface area contributed by atoms with Crippen molar-refractivity contribution < 1.29 is 13.9 Å². The van der Waals surface area contributed by atoms with E-state index in [1.807, 2.05) is 0 Å². The Morgan fingerprint density at radius 3 is 3.08 bits per heavy atom. The summed E-state index contributed by atoms with van der Waals surface area (Å²) in [6, 6.07) is 3.43. The lowest BCUT2D eigenvalue weighted by Crippen LogP contribution is -2.27. The van der Waals surface area contributed by atoms with Crippen LogP contribution in [-0.2, 0) is 11.3 Å². The minimum Gasteiger partial charge on any atom is -0.442 e. The van der Waals surface area contributed by atoms with E-state index in [4.69, 9.17) is 9.15 Å². The molecule has 1 N–H and O–H groups in total. The summed E-state index contributed by atoms with van der Waals surface area (Å²) in [6.45, 7) is 2.76. The van der Waals surface area contributed by atoms with Crippen LogP contribution in [0.2, 0.25) is 0 Å². The van der Waals surface area contributed by atoms with Crippen LogP contribution in [-0.4, -0.2) is 33.2 Å². The van der Waals surface area contributed by atoms with Gasteiger partial charge >= 0.3 is 0 Å². The molecule has 1 aliphatic rings. The fraction of sp³-hybridized carbons (Fsp3) is 0.333. The molecule has 0 saturated carbocycles. The highest BCUT2D eigenvalue weighted by molar-refractivity contribution is 6.12. The Morgan fingerprint density at radius 1 is 1.46 bits per heavy atom. The van der Waals surface area contributed by atoms with Crippen molar-refractivity contribution in [2.75, 3.05) is 11.9 Å². The summed E-state index contributed by atoms with van der Waals surface area (Å²) in [6.07, 6.45) is 6.47. The molecule has 0 radical (unpaired) electrons. The Bertz CT molecular complexity index is 1000. The number of nitrogens with zero attached hydrogens (tertiary/aromatic N) is 3. The number of anilines is 1. The van der Waals surface area contributed by atoms with E-state index >= 15 is 0 Å². The van der Waals surface area contributed by atoms with E-state index in [-0.39, 0.29) is 28.3 Å². The van der Waals surface area contributed by atoms with Gasteiger partial charge in [0.1, 0.15) is 17.5 Å². The predicted molar refractivity (Wildman–Crippen MR) is 94.2 cm³/mol. The number of aromatic nitrogens is 3. The van der Waals surface area contributed by atoms with E-state index in [9.17, 15) is 9.59 Å². The van der Waals surface area contributed by atoms with Gasteiger partial charge in [-0.1, -0.05) is 0 Å². The van der Waals surface area contributed by atoms with Crippen LogP contribution in [0.25, 0.3) is 11.1 Å². The Hall–Kier alpha value is -3.00. The van der Waals surface area contributed by atoms with Crippen molar-refractivity contribution in [1.29, 1.82) is 0 Å². The Balaban J connectivity index is 1.72. The maximum Gasteiger partial charge on any atom is 0.265 e. The minimum absolute atomic E-state index is 0.00684. The molecule has 8 heteroatoms. The van der Waals surface area contributed by atoms with Gasteiger partial charge in [0.2, 0.25) is 5.71 Å². The van der Waals surface area contributed by atoms with Crippen LogP contribution < -0.4 is 10.9 Å². The summed E-state index contributed by atoms with van der Waals surface area (Å²) in [5.74, 6) is -0.0797. The summed E-state index contributed by atoms with van der Waals surface area (Å²) in [4.78, 5) is 33.8. The number of fused-ring (bicyclic) bond motifs is 1. The Labute approximate surface area is 148 Å². The van der Waals surface area contributed by atoms with Crippen molar-refractivity contribution >= 4 is 22.7 Å². The van der Waals surface area contributed by atoms with E-state index in [1.54, 1.807) is 25.3 Å². The van der Waals surface area contributed by atoms with Crippen LogP contribution in [0.4, 0.5) is 5.69 Å². The average molecular weight is 354 g/mol. The third-order valence-electron chi connectivity index (χ3n) is 4.43. The first-order valence-corrected chi connectivity index (χ1v) is 8.45. The molecule has 0 unspecified atom stereocenters. The number of carbonyl (C=O) groups excluding carboxylic acids is 1. The number of rotatable bonds is 4. The summed E-state index contributed by atoms with van der Waals surface area (Å²) >= 11 is 0. The zero-order valence-corrected chi connectivity index (χ0v) is 14.3. The van der Waals surface area contributed by atoms with E-state index in [0.29, 0.717) is 24.6 Å². The van der Waals surface area contributed by atoms with Crippen molar-refractivity contribution in [2.24, 2.45) is 0 Å². The quantitative estimate of drug-likeness (QED) is 0.770. The van der Waals surface area contributed by atoms with Crippen LogP contribution >= 0.6 is 0 Å². The number of ether oxygens (including phenoxy) is 1. The monoisotopic (exact) mass is 354 g/mol. The molecule has 1 fully saturated rings. The molecule has 1 aliphatic heterocycles. The Morgan fingerprint density at radius 2 is 2.35 bits per heavy atom. The molecule has 134 valence electrons.